The standard InChI is InChI=1S/C8H13F2NO3/c9-8(10)1-2-11-6(3-8)4-14-5-7(12)13/h6,11H,1-5H2,(H,12,13). The number of aliphatic carboxylic acids is 1. The van der Waals surface area contributed by atoms with Crippen LogP contribution in [0.4, 0.5) is 8.78 Å². The molecule has 1 rings (SSSR count). The summed E-state index contributed by atoms with van der Waals surface area (Å²) in [4.78, 5) is 10.1. The first-order chi connectivity index (χ1) is 6.49. The maximum Gasteiger partial charge on any atom is 0.329 e. The molecule has 82 valence electrons. The summed E-state index contributed by atoms with van der Waals surface area (Å²) >= 11 is 0. The number of rotatable bonds is 4. The summed E-state index contributed by atoms with van der Waals surface area (Å²) in [5.74, 6) is -3.74. The van der Waals surface area contributed by atoms with Gasteiger partial charge in [0.15, 0.2) is 0 Å². The molecule has 0 aromatic carbocycles. The van der Waals surface area contributed by atoms with E-state index >= 15 is 0 Å². The first kappa shape index (κ1) is 11.3. The van der Waals surface area contributed by atoms with Crippen LogP contribution in [0.2, 0.25) is 0 Å². The van der Waals surface area contributed by atoms with E-state index in [-0.39, 0.29) is 26.0 Å². The number of carboxylic acid groups (broad SMARTS) is 1. The normalized spacial score (nSPS) is 26.0. The third-order valence-corrected chi connectivity index (χ3v) is 2.01. The molecule has 2 N–H and O–H groups in total. The van der Waals surface area contributed by atoms with Gasteiger partial charge in [-0.1, -0.05) is 0 Å². The van der Waals surface area contributed by atoms with Crippen molar-refractivity contribution in [2.45, 2.75) is 24.8 Å². The fraction of sp³-hybridized carbons (Fsp3) is 0.875. The van der Waals surface area contributed by atoms with Crippen molar-refractivity contribution in [1.82, 2.24) is 5.32 Å². The van der Waals surface area contributed by atoms with E-state index in [9.17, 15) is 13.6 Å². The van der Waals surface area contributed by atoms with Crippen LogP contribution in [0.3, 0.4) is 0 Å². The van der Waals surface area contributed by atoms with Crippen molar-refractivity contribution in [2.24, 2.45) is 0 Å². The van der Waals surface area contributed by atoms with Crippen LogP contribution in [0, 0.1) is 0 Å². The highest BCUT2D eigenvalue weighted by atomic mass is 19.3. The van der Waals surface area contributed by atoms with Crippen LogP contribution in [-0.2, 0) is 9.53 Å². The van der Waals surface area contributed by atoms with Gasteiger partial charge in [-0.25, -0.2) is 13.6 Å². The summed E-state index contributed by atoms with van der Waals surface area (Å²) in [6, 6.07) is -0.446. The highest BCUT2D eigenvalue weighted by Gasteiger charge is 2.35. The van der Waals surface area contributed by atoms with Crippen molar-refractivity contribution >= 4 is 5.97 Å². The van der Waals surface area contributed by atoms with Crippen LogP contribution in [0.25, 0.3) is 0 Å². The van der Waals surface area contributed by atoms with Crippen LogP contribution in [0.1, 0.15) is 12.8 Å². The molecule has 1 heterocycles. The number of nitrogens with one attached hydrogen (secondary N) is 1. The van der Waals surface area contributed by atoms with Gasteiger partial charge in [0.25, 0.3) is 5.92 Å². The van der Waals surface area contributed by atoms with E-state index in [1.165, 1.54) is 0 Å². The Labute approximate surface area is 80.2 Å². The number of carbonyl (C=O) groups is 1. The molecular formula is C8H13F2NO3. The summed E-state index contributed by atoms with van der Waals surface area (Å²) < 4.78 is 30.4. The minimum absolute atomic E-state index is 0.0158. The molecule has 0 saturated carbocycles. The van der Waals surface area contributed by atoms with Gasteiger partial charge in [-0.2, -0.15) is 0 Å². The summed E-state index contributed by atoms with van der Waals surface area (Å²) in [6.45, 7) is -0.181. The van der Waals surface area contributed by atoms with Gasteiger partial charge in [0.1, 0.15) is 6.61 Å². The van der Waals surface area contributed by atoms with E-state index in [0.29, 0.717) is 0 Å². The number of ether oxygens (including phenoxy) is 1. The van der Waals surface area contributed by atoms with Crippen LogP contribution < -0.4 is 5.32 Å². The Bertz CT molecular complexity index is 211. The lowest BCUT2D eigenvalue weighted by molar-refractivity contribution is -0.142. The van der Waals surface area contributed by atoms with Crippen LogP contribution >= 0.6 is 0 Å². The first-order valence-corrected chi connectivity index (χ1v) is 4.40. The molecule has 1 aliphatic heterocycles. The largest absolute Gasteiger partial charge is 0.480 e. The molecule has 14 heavy (non-hydrogen) atoms. The lowest BCUT2D eigenvalue weighted by Crippen LogP contribution is -2.46. The van der Waals surface area contributed by atoms with Crippen molar-refractivity contribution in [1.29, 1.82) is 0 Å². The molecule has 1 atom stereocenters. The van der Waals surface area contributed by atoms with Crippen molar-refractivity contribution in [3.8, 4) is 0 Å². The Kier molecular flexibility index (Phi) is 3.77. The number of halogens is 2. The molecule has 0 amide bonds. The average Bonchev–Trinajstić information content (AvgIpc) is 2.01. The van der Waals surface area contributed by atoms with Gasteiger partial charge in [-0.3, -0.25) is 0 Å². The lowest BCUT2D eigenvalue weighted by Gasteiger charge is -2.29. The van der Waals surface area contributed by atoms with Gasteiger partial charge < -0.3 is 15.2 Å². The second-order valence-electron chi connectivity index (χ2n) is 3.37. The predicted octanol–water partition coefficient (Wildman–Crippen LogP) is 0.475. The molecule has 6 heteroatoms. The Balaban J connectivity index is 2.21. The van der Waals surface area contributed by atoms with Gasteiger partial charge in [0.05, 0.1) is 6.61 Å². The second-order valence-corrected chi connectivity index (χ2v) is 3.37. The number of hydrogen-bond acceptors (Lipinski definition) is 3. The third-order valence-electron chi connectivity index (χ3n) is 2.01. The molecule has 0 aliphatic carbocycles. The summed E-state index contributed by atoms with van der Waals surface area (Å²) in [5.41, 5.74) is 0. The molecule has 4 nitrogen and oxygen atoms in total. The van der Waals surface area contributed by atoms with E-state index in [2.05, 4.69) is 5.32 Å². The highest BCUT2D eigenvalue weighted by molar-refractivity contribution is 5.67. The molecule has 0 spiro atoms. The zero-order chi connectivity index (χ0) is 10.6. The van der Waals surface area contributed by atoms with E-state index < -0.39 is 24.5 Å². The second kappa shape index (κ2) is 4.65. The molecule has 0 bridgehead atoms. The van der Waals surface area contributed by atoms with Crippen molar-refractivity contribution in [3.63, 3.8) is 0 Å². The third kappa shape index (κ3) is 3.97. The van der Waals surface area contributed by atoms with Crippen LogP contribution in [-0.4, -0.2) is 42.8 Å². The van der Waals surface area contributed by atoms with Gasteiger partial charge in [0, 0.05) is 25.4 Å². The zero-order valence-corrected chi connectivity index (χ0v) is 7.63. The Morgan fingerprint density at radius 2 is 2.36 bits per heavy atom. The lowest BCUT2D eigenvalue weighted by atomic mass is 10.0. The molecular weight excluding hydrogens is 196 g/mol. The molecule has 1 fully saturated rings. The van der Waals surface area contributed by atoms with E-state index in [0.717, 1.165) is 0 Å². The van der Waals surface area contributed by atoms with E-state index in [1.807, 2.05) is 0 Å². The quantitative estimate of drug-likeness (QED) is 0.706. The fourth-order valence-corrected chi connectivity index (χ4v) is 1.40. The predicted molar refractivity (Wildman–Crippen MR) is 44.4 cm³/mol. The molecule has 1 unspecified atom stereocenters. The minimum Gasteiger partial charge on any atom is -0.480 e. The highest BCUT2D eigenvalue weighted by Crippen LogP contribution is 2.27. The van der Waals surface area contributed by atoms with Crippen LogP contribution in [0.15, 0.2) is 0 Å². The zero-order valence-electron chi connectivity index (χ0n) is 7.63. The molecule has 0 radical (unpaired) electrons. The maximum atomic E-state index is 12.8. The van der Waals surface area contributed by atoms with Crippen molar-refractivity contribution < 1.29 is 23.4 Å². The number of piperidine rings is 1. The Morgan fingerprint density at radius 3 is 2.93 bits per heavy atom. The number of carboxylic acids is 1. The Hall–Kier alpha value is -0.750. The molecule has 0 aromatic rings. The first-order valence-electron chi connectivity index (χ1n) is 4.40. The summed E-state index contributed by atoms with van der Waals surface area (Å²) in [7, 11) is 0. The smallest absolute Gasteiger partial charge is 0.329 e. The summed E-state index contributed by atoms with van der Waals surface area (Å²) in [5, 5.41) is 11.1. The fourth-order valence-electron chi connectivity index (χ4n) is 1.40. The SMILES string of the molecule is O=C(O)COCC1CC(F)(F)CCN1. The van der Waals surface area contributed by atoms with Crippen LogP contribution in [0.5, 0.6) is 0 Å². The average molecular weight is 209 g/mol. The van der Waals surface area contributed by atoms with E-state index in [4.69, 9.17) is 9.84 Å². The molecule has 0 aromatic heterocycles. The van der Waals surface area contributed by atoms with Gasteiger partial charge in [0.2, 0.25) is 0 Å². The monoisotopic (exact) mass is 209 g/mol. The minimum atomic E-state index is -2.65. The molecule has 1 saturated heterocycles. The topological polar surface area (TPSA) is 58.6 Å². The maximum absolute atomic E-state index is 12.8. The number of alkyl halides is 2. The summed E-state index contributed by atoms with van der Waals surface area (Å²) in [6.07, 6.45) is -0.449. The van der Waals surface area contributed by atoms with Gasteiger partial charge in [-0.05, 0) is 0 Å². The van der Waals surface area contributed by atoms with E-state index in [1.54, 1.807) is 0 Å². The number of hydrogen-bond donors (Lipinski definition) is 2. The van der Waals surface area contributed by atoms with Gasteiger partial charge in [-0.15, -0.1) is 0 Å². The van der Waals surface area contributed by atoms with Crippen molar-refractivity contribution in [3.05, 3.63) is 0 Å². The van der Waals surface area contributed by atoms with Crippen molar-refractivity contribution in [2.75, 3.05) is 19.8 Å². The van der Waals surface area contributed by atoms with Gasteiger partial charge >= 0.3 is 5.97 Å². The molecule has 1 aliphatic rings. The Morgan fingerprint density at radius 1 is 1.64 bits per heavy atom.